The van der Waals surface area contributed by atoms with Crippen LogP contribution in [-0.4, -0.2) is 71.0 Å². The number of piperazine rings is 1. The smallest absolute Gasteiger partial charge is 0.223 e. The van der Waals surface area contributed by atoms with Crippen molar-refractivity contribution in [2.75, 3.05) is 56.1 Å². The molecule has 142 valence electrons. The number of amides is 1. The number of likely N-dealkylation sites (N-methyl/N-ethyl adjacent to an activating group) is 1. The minimum atomic E-state index is -0.0132. The number of rotatable bonds is 3. The second-order valence-corrected chi connectivity index (χ2v) is 8.11. The Bertz CT molecular complexity index is 672. The van der Waals surface area contributed by atoms with E-state index >= 15 is 0 Å². The van der Waals surface area contributed by atoms with E-state index in [9.17, 15) is 4.79 Å². The summed E-state index contributed by atoms with van der Waals surface area (Å²) in [5.41, 5.74) is 11.6. The number of carbonyl (C=O) groups excluding carboxylic acids is 1. The average molecular weight is 359 g/mol. The Labute approximate surface area is 154 Å². The fourth-order valence-electron chi connectivity index (χ4n) is 4.33. The van der Waals surface area contributed by atoms with Crippen molar-refractivity contribution in [3.8, 4) is 0 Å². The molecule has 2 aliphatic heterocycles. The Morgan fingerprint density at radius 3 is 2.73 bits per heavy atom. The summed E-state index contributed by atoms with van der Waals surface area (Å²) in [4.78, 5) is 27.7. The Hall–Kier alpha value is -2.09. The molecule has 1 amide bonds. The molecule has 3 fully saturated rings. The van der Waals surface area contributed by atoms with E-state index in [1.54, 1.807) is 6.07 Å². The minimum Gasteiger partial charge on any atom is -0.383 e. The van der Waals surface area contributed by atoms with Gasteiger partial charge in [-0.25, -0.2) is 0 Å². The molecule has 26 heavy (non-hydrogen) atoms. The van der Waals surface area contributed by atoms with Gasteiger partial charge < -0.3 is 21.3 Å². The summed E-state index contributed by atoms with van der Waals surface area (Å²) in [7, 11) is 2.18. The summed E-state index contributed by atoms with van der Waals surface area (Å²) in [6.07, 6.45) is 5.06. The molecule has 4 N–H and O–H groups in total. The molecule has 0 unspecified atom stereocenters. The van der Waals surface area contributed by atoms with Gasteiger partial charge in [-0.1, -0.05) is 0 Å². The fourth-order valence-corrected chi connectivity index (χ4v) is 4.33. The van der Waals surface area contributed by atoms with Gasteiger partial charge in [-0.2, -0.15) is 9.97 Å². The topological polar surface area (TPSA) is 105 Å². The van der Waals surface area contributed by atoms with Crippen LogP contribution in [-0.2, 0) is 4.79 Å². The highest BCUT2D eigenvalue weighted by atomic mass is 16.2. The summed E-state index contributed by atoms with van der Waals surface area (Å²) in [6, 6.07) is 1.79. The number of likely N-dealkylation sites (tertiary alicyclic amines) is 1. The van der Waals surface area contributed by atoms with E-state index in [0.29, 0.717) is 18.1 Å². The first kappa shape index (κ1) is 17.3. The van der Waals surface area contributed by atoms with Gasteiger partial charge in [-0.3, -0.25) is 9.69 Å². The zero-order chi connectivity index (χ0) is 18.3. The molecule has 4 rings (SSSR count). The normalized spacial score (nSPS) is 27.8. The van der Waals surface area contributed by atoms with Crippen molar-refractivity contribution in [3.05, 3.63) is 6.07 Å². The van der Waals surface area contributed by atoms with Gasteiger partial charge in [0.05, 0.1) is 0 Å². The standard InChI is InChI=1S/C18H29N7O/c1-23-8-9-25(15-10-14(19)21-17(20)22-15)12-18(23)5-4-16(26)24(7-6-18)11-13-2-3-13/h10,13H,2-9,11-12H2,1H3,(H4,19,20,21,22)/t18-/m0/s1. The third-order valence-corrected chi connectivity index (χ3v) is 6.25. The van der Waals surface area contributed by atoms with Crippen molar-refractivity contribution in [1.29, 1.82) is 0 Å². The first-order chi connectivity index (χ1) is 12.4. The maximum atomic E-state index is 12.6. The molecule has 1 saturated carbocycles. The van der Waals surface area contributed by atoms with Crippen LogP contribution in [0.3, 0.4) is 0 Å². The second-order valence-electron chi connectivity index (χ2n) is 8.11. The van der Waals surface area contributed by atoms with E-state index in [4.69, 9.17) is 11.5 Å². The van der Waals surface area contributed by atoms with Gasteiger partial charge >= 0.3 is 0 Å². The highest BCUT2D eigenvalue weighted by molar-refractivity contribution is 5.76. The Kier molecular flexibility index (Phi) is 4.38. The van der Waals surface area contributed by atoms with Crippen LogP contribution < -0.4 is 16.4 Å². The molecular weight excluding hydrogens is 330 g/mol. The molecule has 1 atom stereocenters. The first-order valence-electron chi connectivity index (χ1n) is 9.59. The Morgan fingerprint density at radius 1 is 1.19 bits per heavy atom. The van der Waals surface area contributed by atoms with Crippen molar-refractivity contribution < 1.29 is 4.79 Å². The van der Waals surface area contributed by atoms with Crippen LogP contribution in [0.25, 0.3) is 0 Å². The molecule has 8 nitrogen and oxygen atoms in total. The zero-order valence-corrected chi connectivity index (χ0v) is 15.5. The largest absolute Gasteiger partial charge is 0.383 e. The predicted molar refractivity (Wildman–Crippen MR) is 102 cm³/mol. The molecule has 2 saturated heterocycles. The fraction of sp³-hybridized carbons (Fsp3) is 0.722. The number of hydrogen-bond donors (Lipinski definition) is 2. The predicted octanol–water partition coefficient (Wildman–Crippen LogP) is 0.554. The highest BCUT2D eigenvalue weighted by Gasteiger charge is 2.43. The third-order valence-electron chi connectivity index (χ3n) is 6.25. The first-order valence-corrected chi connectivity index (χ1v) is 9.59. The molecule has 0 radical (unpaired) electrons. The van der Waals surface area contributed by atoms with Gasteiger partial charge in [-0.05, 0) is 38.6 Å². The highest BCUT2D eigenvalue weighted by Crippen LogP contribution is 2.36. The van der Waals surface area contributed by atoms with E-state index in [0.717, 1.165) is 57.3 Å². The van der Waals surface area contributed by atoms with Crippen molar-refractivity contribution in [2.24, 2.45) is 5.92 Å². The van der Waals surface area contributed by atoms with Gasteiger partial charge in [-0.15, -0.1) is 0 Å². The van der Waals surface area contributed by atoms with Gasteiger partial charge in [0.2, 0.25) is 11.9 Å². The molecule has 3 heterocycles. The lowest BCUT2D eigenvalue weighted by Gasteiger charge is -2.49. The average Bonchev–Trinajstić information content (AvgIpc) is 3.42. The molecule has 8 heteroatoms. The van der Waals surface area contributed by atoms with Gasteiger partial charge in [0, 0.05) is 50.7 Å². The number of aromatic nitrogens is 2. The summed E-state index contributed by atoms with van der Waals surface area (Å²) in [5, 5.41) is 0. The number of nitrogens with zero attached hydrogens (tertiary/aromatic N) is 5. The Balaban J connectivity index is 1.52. The lowest BCUT2D eigenvalue weighted by Crippen LogP contribution is -2.61. The van der Waals surface area contributed by atoms with Crippen LogP contribution in [0, 0.1) is 5.92 Å². The van der Waals surface area contributed by atoms with E-state index in [-0.39, 0.29) is 11.5 Å². The molecule has 3 aliphatic rings. The maximum absolute atomic E-state index is 12.6. The summed E-state index contributed by atoms with van der Waals surface area (Å²) in [5.74, 6) is 2.44. The van der Waals surface area contributed by atoms with Crippen LogP contribution in [0.2, 0.25) is 0 Å². The lowest BCUT2D eigenvalue weighted by molar-refractivity contribution is -0.130. The minimum absolute atomic E-state index is 0.0132. The number of hydrogen-bond acceptors (Lipinski definition) is 7. The van der Waals surface area contributed by atoms with Crippen LogP contribution in [0.5, 0.6) is 0 Å². The SMILES string of the molecule is CN1CCN(c2cc(N)nc(N)n2)C[C@@]12CCC(=O)N(CC1CC1)CC2. The molecule has 0 aromatic carbocycles. The number of nitrogen functional groups attached to an aromatic ring is 2. The van der Waals surface area contributed by atoms with Crippen molar-refractivity contribution in [3.63, 3.8) is 0 Å². The van der Waals surface area contributed by atoms with E-state index < -0.39 is 0 Å². The van der Waals surface area contributed by atoms with Crippen molar-refractivity contribution in [1.82, 2.24) is 19.8 Å². The van der Waals surface area contributed by atoms with E-state index in [1.807, 2.05) is 0 Å². The summed E-state index contributed by atoms with van der Waals surface area (Å²) < 4.78 is 0. The quantitative estimate of drug-likeness (QED) is 0.812. The lowest BCUT2D eigenvalue weighted by atomic mass is 9.86. The molecular formula is C18H29N7O. The molecule has 0 bridgehead atoms. The summed E-state index contributed by atoms with van der Waals surface area (Å²) in [6.45, 7) is 4.43. The number of nitrogens with two attached hydrogens (primary N) is 2. The van der Waals surface area contributed by atoms with Crippen LogP contribution in [0.4, 0.5) is 17.6 Å². The van der Waals surface area contributed by atoms with Crippen LogP contribution in [0.1, 0.15) is 32.1 Å². The monoisotopic (exact) mass is 359 g/mol. The van der Waals surface area contributed by atoms with Gasteiger partial charge in [0.25, 0.3) is 0 Å². The number of anilines is 3. The van der Waals surface area contributed by atoms with Crippen LogP contribution in [0.15, 0.2) is 6.07 Å². The molecule has 1 aromatic heterocycles. The Morgan fingerprint density at radius 2 is 2.00 bits per heavy atom. The van der Waals surface area contributed by atoms with Crippen LogP contribution >= 0.6 is 0 Å². The summed E-state index contributed by atoms with van der Waals surface area (Å²) >= 11 is 0. The maximum Gasteiger partial charge on any atom is 0.223 e. The van der Waals surface area contributed by atoms with Crippen molar-refractivity contribution >= 4 is 23.5 Å². The van der Waals surface area contributed by atoms with E-state index in [2.05, 4.69) is 31.7 Å². The number of carbonyl (C=O) groups is 1. The van der Waals surface area contributed by atoms with Crippen molar-refractivity contribution in [2.45, 2.75) is 37.6 Å². The van der Waals surface area contributed by atoms with E-state index in [1.165, 1.54) is 12.8 Å². The zero-order valence-electron chi connectivity index (χ0n) is 15.5. The van der Waals surface area contributed by atoms with Gasteiger partial charge in [0.1, 0.15) is 11.6 Å². The van der Waals surface area contributed by atoms with Gasteiger partial charge in [0.15, 0.2) is 0 Å². The molecule has 1 aliphatic carbocycles. The molecule has 1 aromatic rings. The molecule has 1 spiro atoms. The second kappa shape index (κ2) is 6.57. The third kappa shape index (κ3) is 3.42.